The molecular weight excluding hydrogens is 540 g/mol. The Bertz CT molecular complexity index is 1020. The molecule has 1 heterocycles. The first kappa shape index (κ1) is 31.5. The highest BCUT2D eigenvalue weighted by Crippen LogP contribution is 2.75. The Kier molecular flexibility index (Phi) is 8.80. The lowest BCUT2D eigenvalue weighted by molar-refractivity contribution is -0.160. The molecule has 7 fully saturated rings. The first-order valence-electron chi connectivity index (χ1n) is 18.0. The van der Waals surface area contributed by atoms with Crippen molar-refractivity contribution in [2.75, 3.05) is 6.54 Å². The molecule has 3 N–H and O–H groups in total. The largest absolute Gasteiger partial charge is 0.446 e. The smallest absolute Gasteiger partial charge is 0.407 e. The Hall–Kier alpha value is -1.50. The number of carbonyl (C=O) groups is 2. The summed E-state index contributed by atoms with van der Waals surface area (Å²) in [5.74, 6) is 3.71. The molecule has 0 aromatic rings. The van der Waals surface area contributed by atoms with Crippen LogP contribution in [0.4, 0.5) is 9.59 Å². The van der Waals surface area contributed by atoms with Gasteiger partial charge in [-0.15, -0.1) is 0 Å². The van der Waals surface area contributed by atoms with E-state index in [-0.39, 0.29) is 41.8 Å². The molecular formula is C36H60N2O5. The van der Waals surface area contributed by atoms with Crippen molar-refractivity contribution in [1.29, 1.82) is 0 Å². The predicted octanol–water partition coefficient (Wildman–Crippen LogP) is 7.99. The van der Waals surface area contributed by atoms with Crippen LogP contribution >= 0.6 is 0 Å². The third kappa shape index (κ3) is 5.83. The van der Waals surface area contributed by atoms with Gasteiger partial charge in [0, 0.05) is 12.0 Å². The molecule has 7 aliphatic rings. The normalized spacial score (nSPS) is 44.2. The number of hydrogen-bond acceptors (Lipinski definition) is 5. The van der Waals surface area contributed by atoms with Crippen LogP contribution in [-0.4, -0.2) is 43.1 Å². The van der Waals surface area contributed by atoms with E-state index in [1.165, 1.54) is 77.0 Å². The number of primary amides is 1. The molecule has 43 heavy (non-hydrogen) atoms. The molecule has 9 unspecified atom stereocenters. The van der Waals surface area contributed by atoms with Crippen LogP contribution in [0.5, 0.6) is 0 Å². The van der Waals surface area contributed by atoms with Gasteiger partial charge in [0.05, 0.1) is 12.2 Å². The SMILES string of the molecule is CCNC(=O)OC(C(C)C)C1CCC2CC3CCCC45CC6(CCCC(OC(N)=O)C(C)(C)C6CCC4C(C3)CC2O1)C5. The molecule has 1 aliphatic heterocycles. The predicted molar refractivity (Wildman–Crippen MR) is 167 cm³/mol. The first-order chi connectivity index (χ1) is 20.5. The zero-order valence-electron chi connectivity index (χ0n) is 27.7. The zero-order chi connectivity index (χ0) is 30.6. The van der Waals surface area contributed by atoms with Crippen molar-refractivity contribution in [3.63, 3.8) is 0 Å². The summed E-state index contributed by atoms with van der Waals surface area (Å²) in [4.78, 5) is 24.3. The van der Waals surface area contributed by atoms with Crippen molar-refractivity contribution in [2.45, 2.75) is 155 Å². The maximum Gasteiger partial charge on any atom is 0.407 e. The van der Waals surface area contributed by atoms with Gasteiger partial charge >= 0.3 is 12.2 Å². The average molecular weight is 601 g/mol. The second-order valence-corrected chi connectivity index (χ2v) is 16.9. The molecule has 6 aliphatic carbocycles. The molecule has 244 valence electrons. The highest BCUT2D eigenvalue weighted by Gasteiger charge is 2.67. The maximum atomic E-state index is 12.4. The van der Waals surface area contributed by atoms with Crippen LogP contribution in [0.2, 0.25) is 0 Å². The molecule has 4 bridgehead atoms. The zero-order valence-corrected chi connectivity index (χ0v) is 27.7. The van der Waals surface area contributed by atoms with E-state index in [1.807, 2.05) is 6.92 Å². The lowest BCUT2D eigenvalue weighted by Crippen LogP contribution is -2.56. The summed E-state index contributed by atoms with van der Waals surface area (Å²) in [6.07, 6.45) is 17.9. The van der Waals surface area contributed by atoms with Crippen LogP contribution in [-0.2, 0) is 14.2 Å². The van der Waals surface area contributed by atoms with Crippen molar-refractivity contribution in [1.82, 2.24) is 5.32 Å². The topological polar surface area (TPSA) is 99.9 Å². The van der Waals surface area contributed by atoms with Gasteiger partial charge in [0.2, 0.25) is 0 Å². The van der Waals surface area contributed by atoms with Gasteiger partial charge in [-0.1, -0.05) is 40.5 Å². The van der Waals surface area contributed by atoms with E-state index >= 15 is 0 Å². The van der Waals surface area contributed by atoms with Gasteiger partial charge in [-0.05, 0) is 137 Å². The van der Waals surface area contributed by atoms with E-state index in [1.54, 1.807) is 0 Å². The number of alkyl carbamates (subject to hydrolysis) is 1. The standard InChI is InChI=1S/C36H60N2O5/c1-6-38-33(40)43-31(22(2)3)27-13-11-24-17-23-9-7-15-35-20-36(21-35)16-8-10-30(42-32(37)39)34(4,5)29(36)14-12-26(35)25(18-23)19-28(24)41-27/h22-31H,6-21H2,1-5H3,(H2,37,39)(H,38,40). The Morgan fingerprint density at radius 2 is 1.65 bits per heavy atom. The number of ether oxygens (including phenoxy) is 3. The number of rotatable bonds is 5. The van der Waals surface area contributed by atoms with Gasteiger partial charge in [-0.2, -0.15) is 0 Å². The second-order valence-electron chi connectivity index (χ2n) is 16.9. The number of nitrogens with two attached hydrogens (primary N) is 1. The molecule has 0 aromatic carbocycles. The van der Waals surface area contributed by atoms with Crippen molar-refractivity contribution >= 4 is 12.2 Å². The summed E-state index contributed by atoms with van der Waals surface area (Å²) >= 11 is 0. The number of fused-ring (bicyclic) bond motifs is 4. The third-order valence-electron chi connectivity index (χ3n) is 13.8. The van der Waals surface area contributed by atoms with Crippen LogP contribution in [0.15, 0.2) is 0 Å². The van der Waals surface area contributed by atoms with E-state index in [4.69, 9.17) is 19.9 Å². The van der Waals surface area contributed by atoms with Crippen molar-refractivity contribution in [2.24, 2.45) is 57.5 Å². The van der Waals surface area contributed by atoms with Crippen LogP contribution in [0.25, 0.3) is 0 Å². The van der Waals surface area contributed by atoms with Crippen molar-refractivity contribution in [3.05, 3.63) is 0 Å². The van der Waals surface area contributed by atoms with E-state index < -0.39 is 6.09 Å². The minimum Gasteiger partial charge on any atom is -0.446 e. The van der Waals surface area contributed by atoms with Gasteiger partial charge in [0.25, 0.3) is 0 Å². The Morgan fingerprint density at radius 1 is 0.930 bits per heavy atom. The minimum atomic E-state index is -0.615. The van der Waals surface area contributed by atoms with Gasteiger partial charge in [-0.3, -0.25) is 0 Å². The first-order valence-corrected chi connectivity index (χ1v) is 18.0. The second kappa shape index (κ2) is 12.0. The maximum absolute atomic E-state index is 12.4. The minimum absolute atomic E-state index is 0.0177. The molecule has 2 amide bonds. The van der Waals surface area contributed by atoms with E-state index in [0.29, 0.717) is 35.1 Å². The Morgan fingerprint density at radius 3 is 2.37 bits per heavy atom. The van der Waals surface area contributed by atoms with Crippen LogP contribution in [0.3, 0.4) is 0 Å². The van der Waals surface area contributed by atoms with Gasteiger partial charge in [0.1, 0.15) is 12.2 Å². The van der Waals surface area contributed by atoms with Gasteiger partial charge in [-0.25, -0.2) is 9.59 Å². The molecule has 0 radical (unpaired) electrons. The van der Waals surface area contributed by atoms with Crippen LogP contribution in [0.1, 0.15) is 131 Å². The van der Waals surface area contributed by atoms with Crippen molar-refractivity contribution < 1.29 is 23.8 Å². The fourth-order valence-electron chi connectivity index (χ4n) is 12.3. The monoisotopic (exact) mass is 600 g/mol. The number of nitrogens with one attached hydrogen (secondary N) is 1. The summed E-state index contributed by atoms with van der Waals surface area (Å²) in [5, 5.41) is 2.82. The lowest BCUT2D eigenvalue weighted by atomic mass is 9.41. The van der Waals surface area contributed by atoms with E-state index in [0.717, 1.165) is 31.1 Å². The summed E-state index contributed by atoms with van der Waals surface area (Å²) in [5.41, 5.74) is 6.38. The number of carbonyl (C=O) groups excluding carboxylic acids is 2. The fraction of sp³-hybridized carbons (Fsp3) is 0.944. The van der Waals surface area contributed by atoms with E-state index in [9.17, 15) is 9.59 Å². The highest BCUT2D eigenvalue weighted by atomic mass is 16.6. The van der Waals surface area contributed by atoms with Crippen molar-refractivity contribution in [3.8, 4) is 0 Å². The summed E-state index contributed by atoms with van der Waals surface area (Å²) in [7, 11) is 0. The Balaban J connectivity index is 1.23. The third-order valence-corrected chi connectivity index (χ3v) is 13.8. The highest BCUT2D eigenvalue weighted by molar-refractivity contribution is 5.67. The lowest BCUT2D eigenvalue weighted by Gasteiger charge is -2.64. The average Bonchev–Trinajstić information content (AvgIpc) is 3.28. The quantitative estimate of drug-likeness (QED) is 0.333. The van der Waals surface area contributed by atoms with Crippen LogP contribution < -0.4 is 11.1 Å². The fourth-order valence-corrected chi connectivity index (χ4v) is 12.3. The molecule has 0 aromatic heterocycles. The summed E-state index contributed by atoms with van der Waals surface area (Å²) < 4.78 is 18.8. The molecule has 7 nitrogen and oxygen atoms in total. The van der Waals surface area contributed by atoms with E-state index in [2.05, 4.69) is 33.0 Å². The molecule has 9 atom stereocenters. The summed E-state index contributed by atoms with van der Waals surface area (Å²) in [6, 6.07) is 0. The number of hydrogen-bond donors (Lipinski definition) is 2. The molecule has 1 saturated heterocycles. The van der Waals surface area contributed by atoms with Crippen LogP contribution in [0, 0.1) is 51.8 Å². The molecule has 7 rings (SSSR count). The molecule has 2 spiro atoms. The van der Waals surface area contributed by atoms with Gasteiger partial charge in [0.15, 0.2) is 0 Å². The summed E-state index contributed by atoms with van der Waals surface area (Å²) in [6.45, 7) is 11.5. The van der Waals surface area contributed by atoms with Gasteiger partial charge < -0.3 is 25.3 Å². The Labute approximate surface area is 260 Å². The number of amides is 2. The molecule has 6 saturated carbocycles. The molecule has 7 heteroatoms.